The van der Waals surface area contributed by atoms with Crippen molar-refractivity contribution in [2.75, 3.05) is 47.5 Å². The van der Waals surface area contributed by atoms with E-state index in [-0.39, 0.29) is 38.6 Å². The van der Waals surface area contributed by atoms with E-state index in [1.54, 1.807) is 0 Å². The molecular formula is C76H129NO8. The van der Waals surface area contributed by atoms with Crippen LogP contribution in [0.5, 0.6) is 0 Å². The lowest BCUT2D eigenvalue weighted by atomic mass is 10.0. The average Bonchev–Trinajstić information content (AvgIpc) is 3.48. The molecule has 0 amide bonds. The molecule has 9 heteroatoms. The molecule has 0 bridgehead atoms. The molecule has 0 saturated carbocycles. The van der Waals surface area contributed by atoms with Crippen molar-refractivity contribution in [2.45, 2.75) is 296 Å². The van der Waals surface area contributed by atoms with Crippen LogP contribution in [0.3, 0.4) is 0 Å². The van der Waals surface area contributed by atoms with Crippen LogP contribution in [-0.4, -0.2) is 82.3 Å². The number of esters is 2. The fraction of sp³-hybridized carbons (Fsp3) is 0.697. The molecule has 0 aromatic heterocycles. The SMILES string of the molecule is CC/C=C\C/C=C\C/C=C\C/C=C\C/C=C\C/C=C\C/C=C\C/C=C\C/C=C\CCCC(=O)OC(COC(=O)CCCCCCCCCCCCCCCCCCCCC/C=C\CCCCCCCCCC)COC(OCC[N+](C)(C)C)C(=O)[O-]. The number of quaternary nitrogens is 1. The first-order chi connectivity index (χ1) is 41.6. The van der Waals surface area contributed by atoms with Gasteiger partial charge in [0.05, 0.1) is 40.3 Å². The number of carbonyl (C=O) groups is 3. The number of rotatable bonds is 63. The fourth-order valence-electron chi connectivity index (χ4n) is 9.42. The Kier molecular flexibility index (Phi) is 62.3. The Morgan fingerprint density at radius 3 is 1.05 bits per heavy atom. The van der Waals surface area contributed by atoms with Gasteiger partial charge in [0.15, 0.2) is 12.4 Å². The summed E-state index contributed by atoms with van der Waals surface area (Å²) in [4.78, 5) is 37.4. The maximum Gasteiger partial charge on any atom is 0.306 e. The Morgan fingerprint density at radius 2 is 0.682 bits per heavy atom. The molecule has 9 nitrogen and oxygen atoms in total. The highest BCUT2D eigenvalue weighted by molar-refractivity contribution is 5.70. The van der Waals surface area contributed by atoms with E-state index in [4.69, 9.17) is 18.9 Å². The normalized spacial score (nSPS) is 13.5. The van der Waals surface area contributed by atoms with E-state index < -0.39 is 24.3 Å². The number of unbranched alkanes of at least 4 members (excludes halogenated alkanes) is 28. The molecule has 85 heavy (non-hydrogen) atoms. The molecule has 486 valence electrons. The van der Waals surface area contributed by atoms with Crippen LogP contribution in [0.4, 0.5) is 0 Å². The molecule has 0 N–H and O–H groups in total. The molecule has 0 spiro atoms. The molecule has 0 aliphatic rings. The summed E-state index contributed by atoms with van der Waals surface area (Å²) >= 11 is 0. The third kappa shape index (κ3) is 67.1. The number of carbonyl (C=O) groups excluding carboxylic acids is 3. The van der Waals surface area contributed by atoms with E-state index in [0.717, 1.165) is 77.0 Å². The van der Waals surface area contributed by atoms with Crippen molar-refractivity contribution >= 4 is 17.9 Å². The van der Waals surface area contributed by atoms with Crippen LogP contribution in [0.25, 0.3) is 0 Å². The average molecular weight is 1180 g/mol. The van der Waals surface area contributed by atoms with Gasteiger partial charge in [0.25, 0.3) is 0 Å². The second-order valence-corrected chi connectivity index (χ2v) is 24.1. The third-order valence-corrected chi connectivity index (χ3v) is 14.7. The van der Waals surface area contributed by atoms with Crippen molar-refractivity contribution in [3.05, 3.63) is 122 Å². The fourth-order valence-corrected chi connectivity index (χ4v) is 9.42. The van der Waals surface area contributed by atoms with E-state index in [1.807, 2.05) is 21.1 Å². The Morgan fingerprint density at radius 1 is 0.365 bits per heavy atom. The van der Waals surface area contributed by atoms with Gasteiger partial charge < -0.3 is 33.3 Å². The number of likely N-dealkylation sites (N-methyl/N-ethyl adjacent to an activating group) is 1. The van der Waals surface area contributed by atoms with E-state index in [0.29, 0.717) is 23.9 Å². The van der Waals surface area contributed by atoms with Gasteiger partial charge >= 0.3 is 11.9 Å². The highest BCUT2D eigenvalue weighted by Gasteiger charge is 2.22. The first-order valence-corrected chi connectivity index (χ1v) is 34.7. The Bertz CT molecular complexity index is 1810. The van der Waals surface area contributed by atoms with Gasteiger partial charge in [0.2, 0.25) is 0 Å². The molecule has 0 rings (SSSR count). The standard InChI is InChI=1S/C76H129NO8/c1-6-8-10-12-14-16-18-20-22-24-26-28-30-32-34-36-37-39-40-42-44-46-48-50-52-54-56-58-60-62-64-66-73(78)83-70-72(71-84-76(75(80)81)82-69-68-77(3,4)5)85-74(79)67-65-63-61-59-57-55-53-51-49-47-45-43-41-38-35-33-31-29-27-25-23-21-19-17-15-13-11-9-7-2/h9,11,15,17,21,23-24,26-27,29,33,35,41,43,47,49,53,55,59,61,72,76H,6-8,10,12-14,16,18-20,22,25,28,30-32,34,36-40,42,44-46,48,50-52,54,56-58,60,62-71H2,1-5H3/b11-9-,17-15-,23-21-,26-24-,29-27-,35-33-,43-41-,49-47-,55-53-,61-59-. The summed E-state index contributed by atoms with van der Waals surface area (Å²) in [5.41, 5.74) is 0. The number of ether oxygens (including phenoxy) is 4. The Hall–Kier alpha value is -4.31. The summed E-state index contributed by atoms with van der Waals surface area (Å²) in [6.07, 6.45) is 90.1. The van der Waals surface area contributed by atoms with Crippen LogP contribution in [0.2, 0.25) is 0 Å². The van der Waals surface area contributed by atoms with Crippen molar-refractivity contribution in [1.82, 2.24) is 0 Å². The zero-order chi connectivity index (χ0) is 61.9. The molecule has 0 heterocycles. The lowest BCUT2D eigenvalue weighted by molar-refractivity contribution is -0.870. The van der Waals surface area contributed by atoms with Crippen LogP contribution in [0.1, 0.15) is 284 Å². The van der Waals surface area contributed by atoms with Gasteiger partial charge in [-0.15, -0.1) is 0 Å². The Labute approximate surface area is 523 Å². The van der Waals surface area contributed by atoms with Gasteiger partial charge in [0.1, 0.15) is 13.2 Å². The maximum absolute atomic E-state index is 12.9. The van der Waals surface area contributed by atoms with Gasteiger partial charge in [-0.2, -0.15) is 0 Å². The molecule has 2 atom stereocenters. The minimum Gasteiger partial charge on any atom is -0.545 e. The highest BCUT2D eigenvalue weighted by Crippen LogP contribution is 2.17. The molecule has 0 aromatic rings. The minimum absolute atomic E-state index is 0.131. The topological polar surface area (TPSA) is 111 Å². The lowest BCUT2D eigenvalue weighted by Gasteiger charge is -2.26. The second kappa shape index (κ2) is 65.7. The summed E-state index contributed by atoms with van der Waals surface area (Å²) in [6, 6.07) is 0. The summed E-state index contributed by atoms with van der Waals surface area (Å²) in [5.74, 6) is -2.37. The van der Waals surface area contributed by atoms with Crippen molar-refractivity contribution in [3.63, 3.8) is 0 Å². The van der Waals surface area contributed by atoms with Crippen LogP contribution in [0.15, 0.2) is 122 Å². The van der Waals surface area contributed by atoms with Crippen molar-refractivity contribution in [1.29, 1.82) is 0 Å². The first-order valence-electron chi connectivity index (χ1n) is 34.7. The van der Waals surface area contributed by atoms with E-state index >= 15 is 0 Å². The van der Waals surface area contributed by atoms with Gasteiger partial charge in [-0.25, -0.2) is 0 Å². The number of aliphatic carboxylic acids is 1. The molecule has 0 aliphatic carbocycles. The van der Waals surface area contributed by atoms with Crippen molar-refractivity contribution in [2.24, 2.45) is 0 Å². The van der Waals surface area contributed by atoms with Crippen LogP contribution in [-0.2, 0) is 33.3 Å². The quantitative estimate of drug-likeness (QED) is 0.0195. The molecule has 0 radical (unpaired) electrons. The number of allylic oxidation sites excluding steroid dienone is 20. The smallest absolute Gasteiger partial charge is 0.306 e. The summed E-state index contributed by atoms with van der Waals surface area (Å²) in [7, 11) is 5.91. The Balaban J connectivity index is 4.23. The van der Waals surface area contributed by atoms with Gasteiger partial charge in [0, 0.05) is 12.8 Å². The largest absolute Gasteiger partial charge is 0.545 e. The highest BCUT2D eigenvalue weighted by atomic mass is 16.7. The van der Waals surface area contributed by atoms with Crippen molar-refractivity contribution in [3.8, 4) is 0 Å². The predicted octanol–water partition coefficient (Wildman–Crippen LogP) is 20.2. The number of nitrogens with zero attached hydrogens (tertiary/aromatic N) is 1. The maximum atomic E-state index is 12.9. The molecule has 0 fully saturated rings. The van der Waals surface area contributed by atoms with Gasteiger partial charge in [-0.05, 0) is 103 Å². The third-order valence-electron chi connectivity index (χ3n) is 14.7. The number of hydrogen-bond donors (Lipinski definition) is 0. The summed E-state index contributed by atoms with van der Waals surface area (Å²) < 4.78 is 22.7. The number of carboxylic acid groups (broad SMARTS) is 1. The minimum atomic E-state index is -1.64. The molecule has 0 saturated heterocycles. The van der Waals surface area contributed by atoms with Crippen LogP contribution in [0, 0.1) is 0 Å². The number of hydrogen-bond acceptors (Lipinski definition) is 8. The summed E-state index contributed by atoms with van der Waals surface area (Å²) in [6.45, 7) is 4.58. The molecular weight excluding hydrogens is 1050 g/mol. The van der Waals surface area contributed by atoms with Crippen LogP contribution >= 0.6 is 0 Å². The second-order valence-electron chi connectivity index (χ2n) is 24.1. The van der Waals surface area contributed by atoms with Crippen molar-refractivity contribution < 1.29 is 42.9 Å². The zero-order valence-corrected chi connectivity index (χ0v) is 55.4. The van der Waals surface area contributed by atoms with Gasteiger partial charge in [-0.3, -0.25) is 9.59 Å². The molecule has 2 unspecified atom stereocenters. The molecule has 0 aliphatic heterocycles. The summed E-state index contributed by atoms with van der Waals surface area (Å²) in [5, 5.41) is 11.8. The monoisotopic (exact) mass is 1180 g/mol. The first kappa shape index (κ1) is 80.7. The van der Waals surface area contributed by atoms with Crippen LogP contribution < -0.4 is 5.11 Å². The lowest BCUT2D eigenvalue weighted by Crippen LogP contribution is -2.44. The van der Waals surface area contributed by atoms with E-state index in [9.17, 15) is 19.5 Å². The number of carboxylic acids is 1. The van der Waals surface area contributed by atoms with E-state index in [2.05, 4.69) is 135 Å². The van der Waals surface area contributed by atoms with E-state index in [1.165, 1.54) is 167 Å². The molecule has 0 aromatic carbocycles. The zero-order valence-electron chi connectivity index (χ0n) is 55.4. The predicted molar refractivity (Wildman–Crippen MR) is 361 cm³/mol. The van der Waals surface area contributed by atoms with Gasteiger partial charge in [-0.1, -0.05) is 289 Å².